The van der Waals surface area contributed by atoms with Crippen molar-refractivity contribution in [3.8, 4) is 17.1 Å². The number of para-hydroxylation sites is 1. The van der Waals surface area contributed by atoms with E-state index >= 15 is 0 Å². The molecule has 2 aromatic heterocycles. The quantitative estimate of drug-likeness (QED) is 0.593. The van der Waals surface area contributed by atoms with Gasteiger partial charge in [-0.25, -0.2) is 19.3 Å². The van der Waals surface area contributed by atoms with Gasteiger partial charge in [-0.3, -0.25) is 4.79 Å². The van der Waals surface area contributed by atoms with Crippen LogP contribution in [0.15, 0.2) is 59.4 Å². The van der Waals surface area contributed by atoms with E-state index in [1.807, 2.05) is 49.4 Å². The first-order chi connectivity index (χ1) is 12.5. The number of imidazole rings is 1. The molecule has 0 saturated carbocycles. The Balaban J connectivity index is 2.06. The molecule has 0 unspecified atom stereocenters. The SMILES string of the molecule is Cc1ccc(-c2nc(C(N)=O)c3[nH]c(=O)n(-c4ccccc4)c3n2)cc1. The number of aryl methyl sites for hydroxylation is 1. The van der Waals surface area contributed by atoms with Crippen molar-refractivity contribution in [2.75, 3.05) is 0 Å². The van der Waals surface area contributed by atoms with Gasteiger partial charge in [0.25, 0.3) is 5.91 Å². The van der Waals surface area contributed by atoms with Crippen molar-refractivity contribution in [2.45, 2.75) is 6.92 Å². The van der Waals surface area contributed by atoms with Crippen LogP contribution in [0, 0.1) is 6.92 Å². The van der Waals surface area contributed by atoms with Crippen molar-refractivity contribution in [3.05, 3.63) is 76.3 Å². The van der Waals surface area contributed by atoms with Crippen LogP contribution in [0.25, 0.3) is 28.2 Å². The highest BCUT2D eigenvalue weighted by atomic mass is 16.2. The Morgan fingerprint density at radius 3 is 2.38 bits per heavy atom. The van der Waals surface area contributed by atoms with Crippen LogP contribution < -0.4 is 11.4 Å². The average Bonchev–Trinajstić information content (AvgIpc) is 2.97. The Kier molecular flexibility index (Phi) is 3.62. The highest BCUT2D eigenvalue weighted by Gasteiger charge is 2.20. The van der Waals surface area contributed by atoms with Gasteiger partial charge >= 0.3 is 5.69 Å². The van der Waals surface area contributed by atoms with Crippen molar-refractivity contribution < 1.29 is 4.79 Å². The molecular formula is C19H15N5O2. The van der Waals surface area contributed by atoms with E-state index < -0.39 is 11.6 Å². The Bertz CT molecular complexity index is 1170. The van der Waals surface area contributed by atoms with Gasteiger partial charge < -0.3 is 10.7 Å². The monoisotopic (exact) mass is 345 g/mol. The number of nitrogens with one attached hydrogen (secondary N) is 1. The largest absolute Gasteiger partial charge is 0.364 e. The minimum absolute atomic E-state index is 0.0163. The molecule has 0 atom stereocenters. The zero-order valence-electron chi connectivity index (χ0n) is 13.9. The van der Waals surface area contributed by atoms with Gasteiger partial charge in [-0.1, -0.05) is 48.0 Å². The number of hydrogen-bond donors (Lipinski definition) is 2. The molecule has 26 heavy (non-hydrogen) atoms. The van der Waals surface area contributed by atoms with Crippen LogP contribution in [0.4, 0.5) is 0 Å². The molecule has 2 aromatic carbocycles. The number of benzene rings is 2. The molecule has 128 valence electrons. The smallest absolute Gasteiger partial charge is 0.332 e. The molecule has 0 spiro atoms. The summed E-state index contributed by atoms with van der Waals surface area (Å²) in [5.41, 5.74) is 8.04. The topological polar surface area (TPSA) is 107 Å². The highest BCUT2D eigenvalue weighted by molar-refractivity contribution is 6.02. The number of aromatic nitrogens is 4. The van der Waals surface area contributed by atoms with E-state index in [0.717, 1.165) is 11.1 Å². The fraction of sp³-hybridized carbons (Fsp3) is 0.0526. The summed E-state index contributed by atoms with van der Waals surface area (Å²) in [6, 6.07) is 16.6. The van der Waals surface area contributed by atoms with Crippen molar-refractivity contribution in [3.63, 3.8) is 0 Å². The fourth-order valence-corrected chi connectivity index (χ4v) is 2.81. The number of carbonyl (C=O) groups is 1. The molecule has 0 fully saturated rings. The molecule has 4 rings (SSSR count). The Labute approximate surface area is 148 Å². The van der Waals surface area contributed by atoms with Crippen molar-refractivity contribution >= 4 is 17.1 Å². The molecule has 7 nitrogen and oxygen atoms in total. The lowest BCUT2D eigenvalue weighted by Gasteiger charge is -2.06. The van der Waals surface area contributed by atoms with E-state index in [1.54, 1.807) is 12.1 Å². The second kappa shape index (κ2) is 5.96. The normalized spacial score (nSPS) is 11.0. The van der Waals surface area contributed by atoms with Gasteiger partial charge in [0.1, 0.15) is 5.52 Å². The maximum Gasteiger partial charge on any atom is 0.332 e. The lowest BCUT2D eigenvalue weighted by atomic mass is 10.1. The third kappa shape index (κ3) is 2.55. The second-order valence-electron chi connectivity index (χ2n) is 5.93. The van der Waals surface area contributed by atoms with E-state index in [-0.39, 0.29) is 11.2 Å². The van der Waals surface area contributed by atoms with Crippen LogP contribution in [0.5, 0.6) is 0 Å². The first kappa shape index (κ1) is 15.8. The van der Waals surface area contributed by atoms with Gasteiger partial charge in [-0.15, -0.1) is 0 Å². The molecule has 1 amide bonds. The maximum absolute atomic E-state index is 12.5. The minimum Gasteiger partial charge on any atom is -0.364 e. The summed E-state index contributed by atoms with van der Waals surface area (Å²) in [6.07, 6.45) is 0. The highest BCUT2D eigenvalue weighted by Crippen LogP contribution is 2.22. The van der Waals surface area contributed by atoms with Crippen LogP contribution in [0.1, 0.15) is 16.1 Å². The van der Waals surface area contributed by atoms with Crippen LogP contribution in [-0.4, -0.2) is 25.4 Å². The van der Waals surface area contributed by atoms with E-state index in [2.05, 4.69) is 15.0 Å². The van der Waals surface area contributed by atoms with Gasteiger partial charge in [-0.2, -0.15) is 0 Å². The van der Waals surface area contributed by atoms with Crippen LogP contribution in [-0.2, 0) is 0 Å². The number of carbonyl (C=O) groups excluding carboxylic acids is 1. The first-order valence-corrected chi connectivity index (χ1v) is 7.99. The molecule has 0 aliphatic heterocycles. The lowest BCUT2D eigenvalue weighted by molar-refractivity contribution is 0.0997. The van der Waals surface area contributed by atoms with Gasteiger partial charge in [0.15, 0.2) is 17.2 Å². The van der Waals surface area contributed by atoms with Crippen molar-refractivity contribution in [2.24, 2.45) is 5.73 Å². The van der Waals surface area contributed by atoms with Gasteiger partial charge in [0.05, 0.1) is 5.69 Å². The number of nitrogens with zero attached hydrogens (tertiary/aromatic N) is 3. The molecule has 0 aliphatic carbocycles. The molecule has 0 radical (unpaired) electrons. The zero-order valence-corrected chi connectivity index (χ0v) is 13.9. The summed E-state index contributed by atoms with van der Waals surface area (Å²) in [5, 5.41) is 0. The summed E-state index contributed by atoms with van der Waals surface area (Å²) in [7, 11) is 0. The van der Waals surface area contributed by atoms with Crippen molar-refractivity contribution in [1.29, 1.82) is 0 Å². The molecule has 4 aromatic rings. The molecule has 7 heteroatoms. The number of primary amides is 1. The number of H-pyrrole nitrogens is 1. The predicted octanol–water partition coefficient (Wildman–Crippen LogP) is 2.18. The molecule has 2 heterocycles. The van der Waals surface area contributed by atoms with Crippen LogP contribution in [0.2, 0.25) is 0 Å². The maximum atomic E-state index is 12.5. The number of fused-ring (bicyclic) bond motifs is 1. The molecule has 0 aliphatic rings. The molecule has 0 bridgehead atoms. The van der Waals surface area contributed by atoms with E-state index in [4.69, 9.17) is 5.73 Å². The summed E-state index contributed by atoms with van der Waals surface area (Å²) in [6.45, 7) is 1.97. The summed E-state index contributed by atoms with van der Waals surface area (Å²) in [4.78, 5) is 35.9. The molecular weight excluding hydrogens is 330 g/mol. The van der Waals surface area contributed by atoms with Crippen LogP contribution >= 0.6 is 0 Å². The average molecular weight is 345 g/mol. The summed E-state index contributed by atoms with van der Waals surface area (Å²) < 4.78 is 1.40. The Morgan fingerprint density at radius 2 is 1.73 bits per heavy atom. The number of hydrogen-bond acceptors (Lipinski definition) is 4. The number of nitrogens with two attached hydrogens (primary N) is 1. The number of rotatable bonds is 3. The third-order valence-electron chi connectivity index (χ3n) is 4.09. The lowest BCUT2D eigenvalue weighted by Crippen LogP contribution is -2.15. The van der Waals surface area contributed by atoms with Crippen LogP contribution in [0.3, 0.4) is 0 Å². The predicted molar refractivity (Wildman–Crippen MR) is 98.2 cm³/mol. The second-order valence-corrected chi connectivity index (χ2v) is 5.93. The number of amides is 1. The van der Waals surface area contributed by atoms with Gasteiger partial charge in [0.2, 0.25) is 0 Å². The van der Waals surface area contributed by atoms with E-state index in [0.29, 0.717) is 17.2 Å². The van der Waals surface area contributed by atoms with Crippen molar-refractivity contribution in [1.82, 2.24) is 19.5 Å². The molecule has 0 saturated heterocycles. The third-order valence-corrected chi connectivity index (χ3v) is 4.09. The first-order valence-electron chi connectivity index (χ1n) is 7.99. The standard InChI is InChI=1S/C19H15N5O2/c1-11-7-9-12(10-8-11)17-21-14(16(20)25)15-18(23-17)24(19(26)22-15)13-5-3-2-4-6-13/h2-10H,1H3,(H2,20,25)(H,22,26). The Morgan fingerprint density at radius 1 is 1.04 bits per heavy atom. The van der Waals surface area contributed by atoms with E-state index in [1.165, 1.54) is 4.57 Å². The molecule has 3 N–H and O–H groups in total. The minimum atomic E-state index is -0.729. The number of aromatic amines is 1. The van der Waals surface area contributed by atoms with Gasteiger partial charge in [-0.05, 0) is 19.1 Å². The fourth-order valence-electron chi connectivity index (χ4n) is 2.81. The van der Waals surface area contributed by atoms with Gasteiger partial charge in [0, 0.05) is 5.56 Å². The van der Waals surface area contributed by atoms with E-state index in [9.17, 15) is 9.59 Å². The summed E-state index contributed by atoms with van der Waals surface area (Å²) in [5.74, 6) is -0.401. The summed E-state index contributed by atoms with van der Waals surface area (Å²) >= 11 is 0. The zero-order chi connectivity index (χ0) is 18.3. The Hall–Kier alpha value is -3.74.